The highest BCUT2D eigenvalue weighted by Crippen LogP contribution is 2.05. The molecule has 0 aromatic heterocycles. The maximum atomic E-state index is 5.82. The van der Waals surface area contributed by atoms with Crippen molar-refractivity contribution < 1.29 is 4.43 Å². The van der Waals surface area contributed by atoms with Crippen molar-refractivity contribution in [1.29, 1.82) is 0 Å². The first-order valence-electron chi connectivity index (χ1n) is 8.59. The van der Waals surface area contributed by atoms with Crippen LogP contribution in [0.15, 0.2) is 91.0 Å². The number of rotatable bonds is 1. The Labute approximate surface area is 162 Å². The van der Waals surface area contributed by atoms with E-state index in [1.54, 1.807) is 7.11 Å². The van der Waals surface area contributed by atoms with Crippen LogP contribution in [0.2, 0.25) is 0 Å². The zero-order valence-corrected chi connectivity index (χ0v) is 16.1. The van der Waals surface area contributed by atoms with E-state index in [4.69, 9.17) is 4.43 Å². The lowest BCUT2D eigenvalue weighted by Crippen LogP contribution is -2.33. The van der Waals surface area contributed by atoms with E-state index in [0.717, 1.165) is 16.7 Å². The van der Waals surface area contributed by atoms with E-state index < -0.39 is 8.32 Å². The highest BCUT2D eigenvalue weighted by Gasteiger charge is 2.29. The van der Waals surface area contributed by atoms with Crippen molar-refractivity contribution in [2.24, 2.45) is 0 Å². The lowest BCUT2D eigenvalue weighted by atomic mass is 10.2. The first kappa shape index (κ1) is 18.3. The molecule has 0 aliphatic rings. The quantitative estimate of drug-likeness (QED) is 0.462. The fraction of sp³-hybridized carbons (Fsp3) is 0.0400. The maximum Gasteiger partial charge on any atom is 0.437 e. The van der Waals surface area contributed by atoms with Gasteiger partial charge >= 0.3 is 8.32 Å². The summed E-state index contributed by atoms with van der Waals surface area (Å²) in [4.78, 5) is 0. The van der Waals surface area contributed by atoms with Crippen LogP contribution in [0, 0.1) is 34.4 Å². The molecule has 2 heteroatoms. The summed E-state index contributed by atoms with van der Waals surface area (Å²) in [5.74, 6) is 9.57. The summed E-state index contributed by atoms with van der Waals surface area (Å²) in [6.07, 6.45) is 0. The number of hydrogen-bond acceptors (Lipinski definition) is 1. The summed E-state index contributed by atoms with van der Waals surface area (Å²) in [6.45, 7) is 0. The van der Waals surface area contributed by atoms with Crippen molar-refractivity contribution in [2.75, 3.05) is 7.11 Å². The minimum absolute atomic E-state index is 0.925. The standard InChI is InChI=1S/C25H18OSi/c1-26-27(20-17-23-11-5-2-6-12-23,21-18-24-13-7-3-8-14-24)22-19-25-15-9-4-10-16-25/h2-16H,1H3. The molecule has 0 aliphatic carbocycles. The van der Waals surface area contributed by atoms with Crippen LogP contribution in [-0.4, -0.2) is 15.4 Å². The van der Waals surface area contributed by atoms with Gasteiger partial charge in [0.2, 0.25) is 0 Å². The monoisotopic (exact) mass is 362 g/mol. The highest BCUT2D eigenvalue weighted by atomic mass is 28.4. The topological polar surface area (TPSA) is 9.23 Å². The molecule has 0 bridgehead atoms. The van der Waals surface area contributed by atoms with E-state index in [1.807, 2.05) is 91.0 Å². The molecule has 0 atom stereocenters. The molecule has 0 saturated heterocycles. The minimum atomic E-state index is -2.90. The molecule has 128 valence electrons. The van der Waals surface area contributed by atoms with Gasteiger partial charge in [-0.25, -0.2) is 0 Å². The van der Waals surface area contributed by atoms with Crippen LogP contribution in [0.1, 0.15) is 16.7 Å². The summed E-state index contributed by atoms with van der Waals surface area (Å²) in [6, 6.07) is 29.5. The fourth-order valence-corrected chi connectivity index (χ4v) is 3.75. The van der Waals surface area contributed by atoms with Crippen LogP contribution in [0.5, 0.6) is 0 Å². The van der Waals surface area contributed by atoms with Gasteiger partial charge in [0.25, 0.3) is 0 Å². The Balaban J connectivity index is 2.03. The molecular weight excluding hydrogens is 344 g/mol. The summed E-state index contributed by atoms with van der Waals surface area (Å²) < 4.78 is 5.82. The summed E-state index contributed by atoms with van der Waals surface area (Å²) >= 11 is 0. The third kappa shape index (κ3) is 5.50. The third-order valence-electron chi connectivity index (χ3n) is 3.78. The van der Waals surface area contributed by atoms with Crippen LogP contribution >= 0.6 is 0 Å². The van der Waals surface area contributed by atoms with E-state index in [0.29, 0.717) is 0 Å². The Morgan fingerprint density at radius 3 is 1.07 bits per heavy atom. The lowest BCUT2D eigenvalue weighted by molar-refractivity contribution is 0.429. The Morgan fingerprint density at radius 1 is 0.519 bits per heavy atom. The maximum absolute atomic E-state index is 5.82. The first-order chi connectivity index (χ1) is 13.3. The van der Waals surface area contributed by atoms with Gasteiger partial charge in [0.15, 0.2) is 0 Å². The highest BCUT2D eigenvalue weighted by molar-refractivity contribution is 6.95. The van der Waals surface area contributed by atoms with Crippen molar-refractivity contribution >= 4 is 8.32 Å². The van der Waals surface area contributed by atoms with Crippen LogP contribution in [-0.2, 0) is 4.43 Å². The Bertz CT molecular complexity index is 915. The molecule has 0 amide bonds. The number of hydrogen-bond donors (Lipinski definition) is 0. The zero-order chi connectivity index (χ0) is 18.8. The fourth-order valence-electron chi connectivity index (χ4n) is 2.29. The molecule has 0 N–H and O–H groups in total. The molecule has 27 heavy (non-hydrogen) atoms. The van der Waals surface area contributed by atoms with Gasteiger partial charge in [0.1, 0.15) is 0 Å². The van der Waals surface area contributed by atoms with Crippen molar-refractivity contribution in [2.45, 2.75) is 0 Å². The molecule has 3 aromatic carbocycles. The van der Waals surface area contributed by atoms with Crippen molar-refractivity contribution in [3.05, 3.63) is 108 Å². The van der Waals surface area contributed by atoms with E-state index >= 15 is 0 Å². The van der Waals surface area contributed by atoms with Gasteiger partial charge in [-0.15, -0.1) is 0 Å². The summed E-state index contributed by atoms with van der Waals surface area (Å²) in [7, 11) is -1.26. The van der Waals surface area contributed by atoms with Crippen molar-refractivity contribution in [3.8, 4) is 34.4 Å². The van der Waals surface area contributed by atoms with E-state index in [1.165, 1.54) is 0 Å². The van der Waals surface area contributed by atoms with E-state index in [-0.39, 0.29) is 0 Å². The molecule has 0 saturated carbocycles. The molecule has 1 nitrogen and oxygen atoms in total. The van der Waals surface area contributed by atoms with Crippen molar-refractivity contribution in [3.63, 3.8) is 0 Å². The predicted octanol–water partition coefficient (Wildman–Crippen LogP) is 4.35. The molecule has 0 unspecified atom stereocenters. The van der Waals surface area contributed by atoms with Crippen LogP contribution in [0.4, 0.5) is 0 Å². The Kier molecular flexibility index (Phi) is 6.29. The molecule has 0 fully saturated rings. The second kappa shape index (κ2) is 9.28. The third-order valence-corrected chi connectivity index (χ3v) is 5.82. The second-order valence-electron chi connectivity index (χ2n) is 5.73. The molecule has 0 heterocycles. The SMILES string of the molecule is CO[Si](C#Cc1ccccc1)(C#Cc1ccccc1)C#Cc1ccccc1. The van der Waals surface area contributed by atoms with Gasteiger partial charge in [-0.1, -0.05) is 89.0 Å². The summed E-state index contributed by atoms with van der Waals surface area (Å²) in [5, 5.41) is 0. The van der Waals surface area contributed by atoms with Gasteiger partial charge in [-0.2, -0.15) is 0 Å². The van der Waals surface area contributed by atoms with E-state index in [9.17, 15) is 0 Å². The van der Waals surface area contributed by atoms with Gasteiger partial charge < -0.3 is 4.43 Å². The van der Waals surface area contributed by atoms with Crippen molar-refractivity contribution in [1.82, 2.24) is 0 Å². The Hall–Kier alpha value is -3.48. The molecule has 0 spiro atoms. The van der Waals surface area contributed by atoms with Gasteiger partial charge in [-0.3, -0.25) is 0 Å². The number of benzene rings is 3. The molecular formula is C25H18OSi. The average molecular weight is 363 g/mol. The molecule has 0 aliphatic heterocycles. The minimum Gasteiger partial charge on any atom is -0.391 e. The van der Waals surface area contributed by atoms with Gasteiger partial charge in [-0.05, 0) is 36.4 Å². The lowest BCUT2D eigenvalue weighted by Gasteiger charge is -2.09. The summed E-state index contributed by atoms with van der Waals surface area (Å²) in [5.41, 5.74) is 12.6. The predicted molar refractivity (Wildman–Crippen MR) is 113 cm³/mol. The van der Waals surface area contributed by atoms with Crippen LogP contribution < -0.4 is 0 Å². The van der Waals surface area contributed by atoms with Crippen LogP contribution in [0.25, 0.3) is 0 Å². The van der Waals surface area contributed by atoms with Crippen LogP contribution in [0.3, 0.4) is 0 Å². The zero-order valence-electron chi connectivity index (χ0n) is 15.1. The van der Waals surface area contributed by atoms with E-state index in [2.05, 4.69) is 34.4 Å². The second-order valence-corrected chi connectivity index (χ2v) is 8.25. The average Bonchev–Trinajstić information content (AvgIpc) is 2.76. The van der Waals surface area contributed by atoms with Gasteiger partial charge in [0.05, 0.1) is 0 Å². The molecule has 0 radical (unpaired) electrons. The Morgan fingerprint density at radius 2 is 0.815 bits per heavy atom. The largest absolute Gasteiger partial charge is 0.437 e. The first-order valence-corrected chi connectivity index (χ1v) is 10.5. The molecule has 3 rings (SSSR count). The smallest absolute Gasteiger partial charge is 0.391 e. The normalized spacial score (nSPS) is 9.67. The molecule has 3 aromatic rings. The van der Waals surface area contributed by atoms with Gasteiger partial charge in [0, 0.05) is 23.8 Å².